The number of carboxylic acid groups (broad SMARTS) is 1. The molecule has 0 unspecified atom stereocenters. The molecule has 2 aromatic carbocycles. The Bertz CT molecular complexity index is 1010. The maximum atomic E-state index is 12.4. The summed E-state index contributed by atoms with van der Waals surface area (Å²) in [6, 6.07) is 16.3. The zero-order valence-electron chi connectivity index (χ0n) is 20.3. The van der Waals surface area contributed by atoms with Crippen LogP contribution in [0.4, 0.5) is 4.79 Å². The van der Waals surface area contributed by atoms with E-state index in [0.717, 1.165) is 16.0 Å². The van der Waals surface area contributed by atoms with Crippen LogP contribution in [-0.2, 0) is 14.3 Å². The molecule has 3 N–H and O–H groups in total. The number of carbonyl (C=O) groups is 3. The minimum atomic E-state index is -1.11. The van der Waals surface area contributed by atoms with Crippen molar-refractivity contribution in [2.75, 3.05) is 32.8 Å². The average Bonchev–Trinajstić information content (AvgIpc) is 3.14. The van der Waals surface area contributed by atoms with Gasteiger partial charge in [-0.15, -0.1) is 0 Å². The molecule has 0 spiro atoms. The van der Waals surface area contributed by atoms with Crippen LogP contribution in [0.3, 0.4) is 0 Å². The zero-order valence-corrected chi connectivity index (χ0v) is 20.3. The van der Waals surface area contributed by atoms with Crippen molar-refractivity contribution in [2.45, 2.75) is 39.0 Å². The summed E-state index contributed by atoms with van der Waals surface area (Å²) >= 11 is 0. The second kappa shape index (κ2) is 11.8. The van der Waals surface area contributed by atoms with Crippen molar-refractivity contribution in [3.63, 3.8) is 0 Å². The number of hydrogen-bond donors (Lipinski definition) is 3. The summed E-state index contributed by atoms with van der Waals surface area (Å²) in [4.78, 5) is 36.8. The first kappa shape index (κ1) is 26.2. The number of alkyl carbamates (subject to hydrolysis) is 1. The summed E-state index contributed by atoms with van der Waals surface area (Å²) in [5.41, 5.74) is 4.42. The van der Waals surface area contributed by atoms with Gasteiger partial charge in [-0.1, -0.05) is 62.4 Å². The summed E-state index contributed by atoms with van der Waals surface area (Å²) < 4.78 is 5.56. The number of carboxylic acids is 1. The van der Waals surface area contributed by atoms with Crippen molar-refractivity contribution in [3.05, 3.63) is 59.7 Å². The highest BCUT2D eigenvalue weighted by molar-refractivity contribution is 5.81. The standard InChI is InChI=1S/C27H34N2O6/c1-27(2,12-11-24(31)29(15-16-30)17-25(32)33)13-14-28-26(34)35-18-23-21-9-5-3-7-19(21)20-8-4-6-10-22(20)23/h3-10,23,30H,11-18H2,1-2H3,(H,28,34)(H,32,33). The van der Waals surface area contributed by atoms with Crippen LogP contribution in [0.25, 0.3) is 11.1 Å². The predicted octanol–water partition coefficient (Wildman–Crippen LogP) is 3.63. The van der Waals surface area contributed by atoms with E-state index in [4.69, 9.17) is 14.9 Å². The number of hydrogen-bond acceptors (Lipinski definition) is 5. The predicted molar refractivity (Wildman–Crippen MR) is 132 cm³/mol. The molecule has 1 aliphatic rings. The number of fused-ring (bicyclic) bond motifs is 3. The Kier molecular flexibility index (Phi) is 8.87. The molecule has 0 bridgehead atoms. The molecular weight excluding hydrogens is 448 g/mol. The number of nitrogens with one attached hydrogen (secondary N) is 1. The molecule has 0 atom stereocenters. The molecule has 2 aromatic rings. The fourth-order valence-corrected chi connectivity index (χ4v) is 4.46. The smallest absolute Gasteiger partial charge is 0.407 e. The highest BCUT2D eigenvalue weighted by atomic mass is 16.5. The van der Waals surface area contributed by atoms with Crippen molar-refractivity contribution < 1.29 is 29.3 Å². The molecule has 8 heteroatoms. The lowest BCUT2D eigenvalue weighted by atomic mass is 9.84. The summed E-state index contributed by atoms with van der Waals surface area (Å²) in [5.74, 6) is -1.42. The summed E-state index contributed by atoms with van der Waals surface area (Å²) in [6.07, 6.45) is 0.850. The molecule has 2 amide bonds. The number of ether oxygens (including phenoxy) is 1. The van der Waals surface area contributed by atoms with E-state index < -0.39 is 18.6 Å². The van der Waals surface area contributed by atoms with E-state index in [0.29, 0.717) is 19.4 Å². The zero-order chi connectivity index (χ0) is 25.4. The van der Waals surface area contributed by atoms with Gasteiger partial charge >= 0.3 is 12.1 Å². The molecule has 0 fully saturated rings. The molecule has 3 rings (SSSR count). The molecule has 0 saturated heterocycles. The molecule has 0 heterocycles. The Balaban J connectivity index is 1.44. The Labute approximate surface area is 205 Å². The van der Waals surface area contributed by atoms with Gasteiger partial charge in [0.15, 0.2) is 0 Å². The van der Waals surface area contributed by atoms with E-state index in [1.54, 1.807) is 0 Å². The first-order valence-electron chi connectivity index (χ1n) is 11.9. The molecule has 0 aliphatic heterocycles. The van der Waals surface area contributed by atoms with Gasteiger partial charge in [0, 0.05) is 25.4 Å². The fourth-order valence-electron chi connectivity index (χ4n) is 4.46. The van der Waals surface area contributed by atoms with Crippen LogP contribution in [0.5, 0.6) is 0 Å². The summed E-state index contributed by atoms with van der Waals surface area (Å²) in [5, 5.41) is 20.8. The van der Waals surface area contributed by atoms with E-state index in [9.17, 15) is 14.4 Å². The number of nitrogens with zero attached hydrogens (tertiary/aromatic N) is 1. The van der Waals surface area contributed by atoms with E-state index in [2.05, 4.69) is 29.6 Å². The molecule has 0 aromatic heterocycles. The number of aliphatic hydroxyl groups excluding tert-OH is 1. The van der Waals surface area contributed by atoms with Crippen LogP contribution >= 0.6 is 0 Å². The van der Waals surface area contributed by atoms with Crippen molar-refractivity contribution in [3.8, 4) is 11.1 Å². The second-order valence-corrected chi connectivity index (χ2v) is 9.60. The normalized spacial score (nSPS) is 12.5. The molecule has 188 valence electrons. The second-order valence-electron chi connectivity index (χ2n) is 9.60. The average molecular weight is 483 g/mol. The first-order valence-corrected chi connectivity index (χ1v) is 11.9. The van der Waals surface area contributed by atoms with E-state index in [-0.39, 0.29) is 43.4 Å². The lowest BCUT2D eigenvalue weighted by Gasteiger charge is -2.26. The van der Waals surface area contributed by atoms with Crippen LogP contribution in [0.1, 0.15) is 50.2 Å². The van der Waals surface area contributed by atoms with Crippen LogP contribution in [0.15, 0.2) is 48.5 Å². The summed E-state index contributed by atoms with van der Waals surface area (Å²) in [7, 11) is 0. The number of carbonyl (C=O) groups excluding carboxylic acids is 2. The van der Waals surface area contributed by atoms with Gasteiger partial charge in [-0.25, -0.2) is 4.79 Å². The third-order valence-electron chi connectivity index (χ3n) is 6.48. The SMILES string of the molecule is CC(C)(CCNC(=O)OCC1c2ccccc2-c2ccccc21)CCC(=O)N(CCO)CC(=O)O. The molecule has 35 heavy (non-hydrogen) atoms. The fraction of sp³-hybridized carbons (Fsp3) is 0.444. The van der Waals surface area contributed by atoms with Gasteiger partial charge in [0.1, 0.15) is 13.2 Å². The number of aliphatic hydroxyl groups is 1. The maximum Gasteiger partial charge on any atom is 0.407 e. The van der Waals surface area contributed by atoms with Crippen molar-refractivity contribution in [1.82, 2.24) is 10.2 Å². The Morgan fingerprint density at radius 2 is 1.60 bits per heavy atom. The van der Waals surface area contributed by atoms with Gasteiger partial charge in [0.05, 0.1) is 6.61 Å². The Hall–Kier alpha value is -3.39. The van der Waals surface area contributed by atoms with Crippen LogP contribution < -0.4 is 5.32 Å². The first-order chi connectivity index (χ1) is 16.7. The topological polar surface area (TPSA) is 116 Å². The lowest BCUT2D eigenvalue weighted by molar-refractivity contribution is -0.145. The van der Waals surface area contributed by atoms with Gasteiger partial charge in [0.2, 0.25) is 5.91 Å². The van der Waals surface area contributed by atoms with Crippen molar-refractivity contribution in [1.29, 1.82) is 0 Å². The highest BCUT2D eigenvalue weighted by Crippen LogP contribution is 2.44. The van der Waals surface area contributed by atoms with Gasteiger partial charge in [-0.2, -0.15) is 0 Å². The monoisotopic (exact) mass is 482 g/mol. The molecule has 0 saturated carbocycles. The van der Waals surface area contributed by atoms with Gasteiger partial charge in [-0.05, 0) is 40.5 Å². The quantitative estimate of drug-likeness (QED) is 0.425. The lowest BCUT2D eigenvalue weighted by Crippen LogP contribution is -2.38. The van der Waals surface area contributed by atoms with Crippen LogP contribution in [0, 0.1) is 5.41 Å². The van der Waals surface area contributed by atoms with Gasteiger partial charge in [0.25, 0.3) is 0 Å². The third-order valence-corrected chi connectivity index (χ3v) is 6.48. The Morgan fingerprint density at radius 3 is 2.17 bits per heavy atom. The number of amides is 2. The minimum Gasteiger partial charge on any atom is -0.480 e. The van der Waals surface area contributed by atoms with Crippen LogP contribution in [-0.4, -0.2) is 65.9 Å². The number of aliphatic carboxylic acids is 1. The third kappa shape index (κ3) is 7.05. The molecular formula is C27H34N2O6. The number of rotatable bonds is 12. The van der Waals surface area contributed by atoms with E-state index in [1.807, 2.05) is 38.1 Å². The molecule has 0 radical (unpaired) electrons. The highest BCUT2D eigenvalue weighted by Gasteiger charge is 2.29. The minimum absolute atomic E-state index is 0.00303. The number of benzene rings is 2. The summed E-state index contributed by atoms with van der Waals surface area (Å²) in [6.45, 7) is 3.92. The molecule has 8 nitrogen and oxygen atoms in total. The van der Waals surface area contributed by atoms with E-state index >= 15 is 0 Å². The Morgan fingerprint density at radius 1 is 1.00 bits per heavy atom. The maximum absolute atomic E-state index is 12.4. The van der Waals surface area contributed by atoms with Crippen molar-refractivity contribution in [2.24, 2.45) is 5.41 Å². The van der Waals surface area contributed by atoms with Gasteiger partial charge in [-0.3, -0.25) is 9.59 Å². The van der Waals surface area contributed by atoms with Crippen molar-refractivity contribution >= 4 is 18.0 Å². The van der Waals surface area contributed by atoms with E-state index in [1.165, 1.54) is 11.1 Å². The van der Waals surface area contributed by atoms with Gasteiger partial charge < -0.3 is 25.2 Å². The van der Waals surface area contributed by atoms with Crippen LogP contribution in [0.2, 0.25) is 0 Å². The molecule has 1 aliphatic carbocycles. The largest absolute Gasteiger partial charge is 0.480 e.